The highest BCUT2D eigenvalue weighted by Gasteiger charge is 2.29. The molecular formula is C30H29NO5. The van der Waals surface area contributed by atoms with Crippen molar-refractivity contribution in [1.29, 1.82) is 0 Å². The number of carbonyl (C=O) groups is 1. The van der Waals surface area contributed by atoms with Gasteiger partial charge in [0.25, 0.3) is 0 Å². The summed E-state index contributed by atoms with van der Waals surface area (Å²) in [6, 6.07) is 27.6. The van der Waals surface area contributed by atoms with Crippen LogP contribution in [0.25, 0.3) is 21.9 Å². The summed E-state index contributed by atoms with van der Waals surface area (Å²) < 4.78 is 10.8. The van der Waals surface area contributed by atoms with E-state index in [1.54, 1.807) is 13.2 Å². The maximum absolute atomic E-state index is 12.4. The van der Waals surface area contributed by atoms with E-state index in [9.17, 15) is 15.0 Å². The number of rotatable bonds is 8. The predicted octanol–water partition coefficient (Wildman–Crippen LogP) is 5.17. The Labute approximate surface area is 210 Å². The van der Waals surface area contributed by atoms with Crippen molar-refractivity contribution >= 4 is 16.9 Å². The highest BCUT2D eigenvalue weighted by molar-refractivity contribution is 5.84. The zero-order valence-electron chi connectivity index (χ0n) is 20.1. The number of carbonyl (C=O) groups excluding carboxylic acids is 1. The van der Waals surface area contributed by atoms with Gasteiger partial charge in [-0.1, -0.05) is 66.7 Å². The first-order valence-electron chi connectivity index (χ1n) is 12.1. The van der Waals surface area contributed by atoms with E-state index in [-0.39, 0.29) is 25.5 Å². The third-order valence-corrected chi connectivity index (χ3v) is 6.83. The molecule has 0 radical (unpaired) electrons. The standard InChI is InChI=1S/C30H29NO5/c1-35-22-13-12-19-16-21(11-10-20(19)17-22)29(33)28(32)14-15-31-30(34)36-18-27-25-8-4-2-6-23(25)24-7-3-5-9-26(24)27/h2-13,16-17,27-29,32-33H,14-15,18H2,1H3,(H,31,34). The maximum Gasteiger partial charge on any atom is 0.407 e. The first kappa shape index (κ1) is 23.9. The second-order valence-corrected chi connectivity index (χ2v) is 9.03. The highest BCUT2D eigenvalue weighted by Crippen LogP contribution is 2.44. The molecule has 0 aliphatic heterocycles. The van der Waals surface area contributed by atoms with E-state index in [1.807, 2.05) is 54.6 Å². The van der Waals surface area contributed by atoms with Crippen molar-refractivity contribution in [2.24, 2.45) is 0 Å². The molecule has 4 aromatic carbocycles. The molecule has 0 spiro atoms. The second-order valence-electron chi connectivity index (χ2n) is 9.03. The summed E-state index contributed by atoms with van der Waals surface area (Å²) >= 11 is 0. The molecule has 184 valence electrons. The van der Waals surface area contributed by atoms with E-state index < -0.39 is 18.3 Å². The molecule has 0 bridgehead atoms. The van der Waals surface area contributed by atoms with E-state index in [0.29, 0.717) is 5.56 Å². The lowest BCUT2D eigenvalue weighted by molar-refractivity contribution is 0.0137. The van der Waals surface area contributed by atoms with Crippen LogP contribution in [-0.4, -0.2) is 42.7 Å². The number of nitrogens with one attached hydrogen (secondary N) is 1. The van der Waals surface area contributed by atoms with Gasteiger partial charge >= 0.3 is 6.09 Å². The molecule has 1 aliphatic carbocycles. The van der Waals surface area contributed by atoms with Gasteiger partial charge in [0.05, 0.1) is 13.2 Å². The zero-order chi connectivity index (χ0) is 25.1. The lowest BCUT2D eigenvalue weighted by Crippen LogP contribution is -2.30. The van der Waals surface area contributed by atoms with E-state index in [4.69, 9.17) is 9.47 Å². The Morgan fingerprint density at radius 1 is 0.889 bits per heavy atom. The van der Waals surface area contributed by atoms with Crippen LogP contribution in [0.2, 0.25) is 0 Å². The number of ether oxygens (including phenoxy) is 2. The molecule has 0 fully saturated rings. The van der Waals surface area contributed by atoms with Gasteiger partial charge in [-0.3, -0.25) is 0 Å². The average molecular weight is 484 g/mol. The molecule has 3 N–H and O–H groups in total. The summed E-state index contributed by atoms with van der Waals surface area (Å²) in [5.41, 5.74) is 5.26. The molecule has 36 heavy (non-hydrogen) atoms. The Bertz CT molecular complexity index is 1340. The Morgan fingerprint density at radius 2 is 1.53 bits per heavy atom. The molecule has 0 saturated carbocycles. The molecule has 4 aromatic rings. The minimum Gasteiger partial charge on any atom is -0.497 e. The number of fused-ring (bicyclic) bond motifs is 4. The Kier molecular flexibility index (Phi) is 6.89. The summed E-state index contributed by atoms with van der Waals surface area (Å²) in [6.45, 7) is 0.409. The number of hydrogen-bond donors (Lipinski definition) is 3. The van der Waals surface area contributed by atoms with Gasteiger partial charge in [-0.25, -0.2) is 4.79 Å². The molecule has 0 saturated heterocycles. The summed E-state index contributed by atoms with van der Waals surface area (Å²) in [5.74, 6) is 0.749. The lowest BCUT2D eigenvalue weighted by Gasteiger charge is -2.19. The molecule has 6 heteroatoms. The van der Waals surface area contributed by atoms with Crippen LogP contribution >= 0.6 is 0 Å². The highest BCUT2D eigenvalue weighted by atomic mass is 16.5. The first-order valence-corrected chi connectivity index (χ1v) is 12.1. The molecule has 1 aliphatic rings. The largest absolute Gasteiger partial charge is 0.497 e. The van der Waals surface area contributed by atoms with E-state index >= 15 is 0 Å². The SMILES string of the molecule is COc1ccc2cc(C(O)C(O)CCNC(=O)OCC3c4ccccc4-c4ccccc43)ccc2c1. The third kappa shape index (κ3) is 4.78. The lowest BCUT2D eigenvalue weighted by atomic mass is 9.98. The van der Waals surface area contributed by atoms with Crippen LogP contribution in [-0.2, 0) is 4.74 Å². The van der Waals surface area contributed by atoms with Gasteiger partial charge in [-0.15, -0.1) is 0 Å². The fraction of sp³-hybridized carbons (Fsp3) is 0.233. The molecule has 0 aromatic heterocycles. The van der Waals surface area contributed by atoms with Crippen LogP contribution in [0.4, 0.5) is 4.79 Å². The number of aliphatic hydroxyl groups excluding tert-OH is 2. The molecule has 6 nitrogen and oxygen atoms in total. The molecule has 5 rings (SSSR count). The van der Waals surface area contributed by atoms with Crippen LogP contribution in [0.1, 0.15) is 35.1 Å². The number of benzene rings is 4. The van der Waals surface area contributed by atoms with Crippen LogP contribution < -0.4 is 10.1 Å². The fourth-order valence-corrected chi connectivity index (χ4v) is 4.90. The zero-order valence-corrected chi connectivity index (χ0v) is 20.1. The third-order valence-electron chi connectivity index (χ3n) is 6.83. The Hall–Kier alpha value is -3.87. The van der Waals surface area contributed by atoms with Crippen LogP contribution in [0.3, 0.4) is 0 Å². The van der Waals surface area contributed by atoms with E-state index in [0.717, 1.165) is 27.6 Å². The normalized spacial score (nSPS) is 14.1. The number of methoxy groups -OCH3 is 1. The Balaban J connectivity index is 1.13. The number of amides is 1. The van der Waals surface area contributed by atoms with E-state index in [1.165, 1.54) is 11.1 Å². The van der Waals surface area contributed by atoms with Crippen molar-refractivity contribution in [2.45, 2.75) is 24.5 Å². The van der Waals surface area contributed by atoms with Crippen LogP contribution in [0, 0.1) is 0 Å². The van der Waals surface area contributed by atoms with Gasteiger partial charge in [0, 0.05) is 12.5 Å². The quantitative estimate of drug-likeness (QED) is 0.322. The van der Waals surface area contributed by atoms with Gasteiger partial charge in [0.1, 0.15) is 18.5 Å². The van der Waals surface area contributed by atoms with Crippen LogP contribution in [0.15, 0.2) is 84.9 Å². The smallest absolute Gasteiger partial charge is 0.407 e. The molecule has 2 atom stereocenters. The number of aliphatic hydroxyl groups is 2. The number of alkyl carbamates (subject to hydrolysis) is 1. The first-order chi connectivity index (χ1) is 17.5. The molecular weight excluding hydrogens is 454 g/mol. The second kappa shape index (κ2) is 10.4. The summed E-state index contributed by atoms with van der Waals surface area (Å²) in [6.07, 6.45) is -2.46. The minimum absolute atomic E-state index is 0.0107. The maximum atomic E-state index is 12.4. The predicted molar refractivity (Wildman–Crippen MR) is 139 cm³/mol. The molecule has 0 heterocycles. The van der Waals surface area contributed by atoms with Gasteiger partial charge < -0.3 is 25.0 Å². The van der Waals surface area contributed by atoms with E-state index in [2.05, 4.69) is 29.6 Å². The Morgan fingerprint density at radius 3 is 2.22 bits per heavy atom. The monoisotopic (exact) mass is 483 g/mol. The summed E-state index contributed by atoms with van der Waals surface area (Å²) in [7, 11) is 1.62. The minimum atomic E-state index is -1.07. The van der Waals surface area contributed by atoms with Gasteiger partial charge in [-0.2, -0.15) is 0 Å². The summed E-state index contributed by atoms with van der Waals surface area (Å²) in [4.78, 5) is 12.4. The van der Waals surface area contributed by atoms with Crippen molar-refractivity contribution in [2.75, 3.05) is 20.3 Å². The topological polar surface area (TPSA) is 88.0 Å². The molecule has 2 unspecified atom stereocenters. The van der Waals surface area contributed by atoms with Gasteiger partial charge in [0.15, 0.2) is 0 Å². The average Bonchev–Trinajstić information content (AvgIpc) is 3.24. The van der Waals surface area contributed by atoms with Gasteiger partial charge in [-0.05, 0) is 63.2 Å². The van der Waals surface area contributed by atoms with Crippen molar-refractivity contribution in [3.05, 3.63) is 102 Å². The molecule has 1 amide bonds. The van der Waals surface area contributed by atoms with Crippen molar-refractivity contribution < 1.29 is 24.5 Å². The van der Waals surface area contributed by atoms with Crippen LogP contribution in [0.5, 0.6) is 5.75 Å². The van der Waals surface area contributed by atoms with Crippen molar-refractivity contribution in [1.82, 2.24) is 5.32 Å². The van der Waals surface area contributed by atoms with Crippen molar-refractivity contribution in [3.63, 3.8) is 0 Å². The summed E-state index contributed by atoms with van der Waals surface area (Å²) in [5, 5.41) is 25.7. The van der Waals surface area contributed by atoms with Crippen molar-refractivity contribution in [3.8, 4) is 16.9 Å². The number of hydrogen-bond acceptors (Lipinski definition) is 5. The van der Waals surface area contributed by atoms with Gasteiger partial charge in [0.2, 0.25) is 0 Å². The fourth-order valence-electron chi connectivity index (χ4n) is 4.90.